The van der Waals surface area contributed by atoms with Gasteiger partial charge in [0.05, 0.1) is 10.7 Å². The van der Waals surface area contributed by atoms with Crippen molar-refractivity contribution >= 4 is 17.3 Å². The van der Waals surface area contributed by atoms with Gasteiger partial charge in [-0.2, -0.15) is 0 Å². The number of aryl methyl sites for hydroxylation is 2. The molecule has 1 N–H and O–H groups in total. The molecule has 20 heavy (non-hydrogen) atoms. The number of halogens is 2. The van der Waals surface area contributed by atoms with Crippen molar-refractivity contribution < 1.29 is 4.39 Å². The summed E-state index contributed by atoms with van der Waals surface area (Å²) in [6.45, 7) is 4.18. The third kappa shape index (κ3) is 4.24. The Morgan fingerprint density at radius 3 is 2.75 bits per heavy atom. The number of hydrogen-bond acceptors (Lipinski definition) is 1. The summed E-state index contributed by atoms with van der Waals surface area (Å²) in [7, 11) is 0. The van der Waals surface area contributed by atoms with Crippen LogP contribution in [0.15, 0.2) is 42.5 Å². The van der Waals surface area contributed by atoms with E-state index in [2.05, 4.69) is 43.4 Å². The SMILES string of the molecule is Cc1cccc(CCC(C)Nc2cc(F)ccc2Cl)c1. The van der Waals surface area contributed by atoms with E-state index in [9.17, 15) is 4.39 Å². The van der Waals surface area contributed by atoms with Crippen LogP contribution >= 0.6 is 11.6 Å². The molecule has 0 heterocycles. The first kappa shape index (κ1) is 14.9. The standard InChI is InChI=1S/C17H19ClFN/c1-12-4-3-5-14(10-12)7-6-13(2)20-17-11-15(19)8-9-16(17)18/h3-5,8-11,13,20H,6-7H2,1-2H3. The molecule has 0 spiro atoms. The fraction of sp³-hybridized carbons (Fsp3) is 0.294. The lowest BCUT2D eigenvalue weighted by atomic mass is 10.0. The maximum absolute atomic E-state index is 13.2. The van der Waals surface area contributed by atoms with Gasteiger partial charge in [0, 0.05) is 6.04 Å². The minimum atomic E-state index is -0.275. The Morgan fingerprint density at radius 1 is 1.20 bits per heavy atom. The highest BCUT2D eigenvalue weighted by Crippen LogP contribution is 2.23. The first-order chi connectivity index (χ1) is 9.54. The van der Waals surface area contributed by atoms with Crippen molar-refractivity contribution in [3.8, 4) is 0 Å². The lowest BCUT2D eigenvalue weighted by Crippen LogP contribution is -2.16. The van der Waals surface area contributed by atoms with Crippen molar-refractivity contribution in [3.63, 3.8) is 0 Å². The Hall–Kier alpha value is -1.54. The molecule has 106 valence electrons. The van der Waals surface area contributed by atoms with Gasteiger partial charge in [0.15, 0.2) is 0 Å². The Kier molecular flexibility index (Phi) is 5.02. The number of anilines is 1. The van der Waals surface area contributed by atoms with Gasteiger partial charge < -0.3 is 5.32 Å². The van der Waals surface area contributed by atoms with Crippen LogP contribution in [0.25, 0.3) is 0 Å². The van der Waals surface area contributed by atoms with Gasteiger partial charge in [-0.05, 0) is 50.5 Å². The van der Waals surface area contributed by atoms with Gasteiger partial charge in [0.2, 0.25) is 0 Å². The van der Waals surface area contributed by atoms with Gasteiger partial charge >= 0.3 is 0 Å². The van der Waals surface area contributed by atoms with Crippen LogP contribution in [0.3, 0.4) is 0 Å². The Labute approximate surface area is 124 Å². The first-order valence-corrected chi connectivity index (χ1v) is 7.19. The molecule has 2 aromatic carbocycles. The molecule has 0 saturated carbocycles. The fourth-order valence-corrected chi connectivity index (χ4v) is 2.37. The summed E-state index contributed by atoms with van der Waals surface area (Å²) in [5.41, 5.74) is 3.25. The average Bonchev–Trinajstić information content (AvgIpc) is 2.41. The number of rotatable bonds is 5. The molecule has 1 atom stereocenters. The van der Waals surface area contributed by atoms with Crippen LogP contribution in [0.4, 0.5) is 10.1 Å². The van der Waals surface area contributed by atoms with E-state index in [0.29, 0.717) is 10.7 Å². The molecule has 2 aromatic rings. The summed E-state index contributed by atoms with van der Waals surface area (Å²) in [6, 6.07) is 13.1. The van der Waals surface area contributed by atoms with Gasteiger partial charge in [0.25, 0.3) is 0 Å². The third-order valence-electron chi connectivity index (χ3n) is 3.28. The van der Waals surface area contributed by atoms with Crippen LogP contribution in [0, 0.1) is 12.7 Å². The van der Waals surface area contributed by atoms with Crippen LogP contribution in [0.5, 0.6) is 0 Å². The Morgan fingerprint density at radius 2 is 2.00 bits per heavy atom. The van der Waals surface area contributed by atoms with Gasteiger partial charge in [-0.1, -0.05) is 41.4 Å². The Bertz CT molecular complexity index is 583. The van der Waals surface area contributed by atoms with E-state index in [-0.39, 0.29) is 11.9 Å². The van der Waals surface area contributed by atoms with E-state index >= 15 is 0 Å². The van der Waals surface area contributed by atoms with E-state index < -0.39 is 0 Å². The summed E-state index contributed by atoms with van der Waals surface area (Å²) >= 11 is 6.05. The largest absolute Gasteiger partial charge is 0.381 e. The van der Waals surface area contributed by atoms with Crippen molar-refractivity contribution in [1.82, 2.24) is 0 Å². The van der Waals surface area contributed by atoms with Crippen LogP contribution in [-0.4, -0.2) is 6.04 Å². The predicted molar refractivity (Wildman–Crippen MR) is 84.0 cm³/mol. The molecule has 1 unspecified atom stereocenters. The van der Waals surface area contributed by atoms with E-state index in [1.54, 1.807) is 6.07 Å². The smallest absolute Gasteiger partial charge is 0.125 e. The highest BCUT2D eigenvalue weighted by molar-refractivity contribution is 6.33. The molecule has 3 heteroatoms. The molecule has 0 amide bonds. The number of benzene rings is 2. The zero-order valence-electron chi connectivity index (χ0n) is 11.8. The first-order valence-electron chi connectivity index (χ1n) is 6.82. The van der Waals surface area contributed by atoms with Gasteiger partial charge in [-0.3, -0.25) is 0 Å². The van der Waals surface area contributed by atoms with Crippen LogP contribution in [0.1, 0.15) is 24.5 Å². The van der Waals surface area contributed by atoms with Crippen molar-refractivity contribution in [2.24, 2.45) is 0 Å². The van der Waals surface area contributed by atoms with Gasteiger partial charge in [-0.15, -0.1) is 0 Å². The zero-order chi connectivity index (χ0) is 14.5. The minimum Gasteiger partial charge on any atom is -0.381 e. The fourth-order valence-electron chi connectivity index (χ4n) is 2.20. The molecular weight excluding hydrogens is 273 g/mol. The lowest BCUT2D eigenvalue weighted by Gasteiger charge is -2.16. The van der Waals surface area contributed by atoms with Crippen molar-refractivity contribution in [1.29, 1.82) is 0 Å². The minimum absolute atomic E-state index is 0.231. The second-order valence-electron chi connectivity index (χ2n) is 5.20. The summed E-state index contributed by atoms with van der Waals surface area (Å²) in [6.07, 6.45) is 1.96. The van der Waals surface area contributed by atoms with Crippen molar-refractivity contribution in [3.05, 3.63) is 64.4 Å². The molecule has 0 saturated heterocycles. The molecule has 0 radical (unpaired) electrons. The summed E-state index contributed by atoms with van der Waals surface area (Å²) < 4.78 is 13.2. The van der Waals surface area contributed by atoms with Crippen LogP contribution in [0.2, 0.25) is 5.02 Å². The lowest BCUT2D eigenvalue weighted by molar-refractivity contribution is 0.627. The maximum Gasteiger partial charge on any atom is 0.125 e. The second-order valence-corrected chi connectivity index (χ2v) is 5.60. The topological polar surface area (TPSA) is 12.0 Å². The van der Waals surface area contributed by atoms with Crippen LogP contribution in [-0.2, 0) is 6.42 Å². The molecule has 2 rings (SSSR count). The van der Waals surface area contributed by atoms with E-state index in [0.717, 1.165) is 12.8 Å². The Balaban J connectivity index is 1.92. The molecular formula is C17H19ClFN. The van der Waals surface area contributed by atoms with Gasteiger partial charge in [0.1, 0.15) is 5.82 Å². The van der Waals surface area contributed by atoms with E-state index in [4.69, 9.17) is 11.6 Å². The van der Waals surface area contributed by atoms with Crippen LogP contribution < -0.4 is 5.32 Å². The molecule has 0 aliphatic rings. The van der Waals surface area contributed by atoms with Crippen molar-refractivity contribution in [2.45, 2.75) is 32.7 Å². The second kappa shape index (κ2) is 6.76. The van der Waals surface area contributed by atoms with E-state index in [1.165, 1.54) is 23.3 Å². The highest BCUT2D eigenvalue weighted by Gasteiger charge is 2.07. The summed E-state index contributed by atoms with van der Waals surface area (Å²) in [4.78, 5) is 0. The monoisotopic (exact) mass is 291 g/mol. The maximum atomic E-state index is 13.2. The number of hydrogen-bond donors (Lipinski definition) is 1. The normalized spacial score (nSPS) is 12.2. The predicted octanol–water partition coefficient (Wildman–Crippen LogP) is 5.22. The zero-order valence-corrected chi connectivity index (χ0v) is 12.5. The average molecular weight is 292 g/mol. The van der Waals surface area contributed by atoms with Gasteiger partial charge in [-0.25, -0.2) is 4.39 Å². The molecule has 0 fully saturated rings. The molecule has 0 bridgehead atoms. The molecule has 0 aliphatic carbocycles. The van der Waals surface area contributed by atoms with Crippen molar-refractivity contribution in [2.75, 3.05) is 5.32 Å². The summed E-state index contributed by atoms with van der Waals surface area (Å²) in [5.74, 6) is -0.275. The quantitative estimate of drug-likeness (QED) is 0.796. The highest BCUT2D eigenvalue weighted by atomic mass is 35.5. The van der Waals surface area contributed by atoms with E-state index in [1.807, 2.05) is 0 Å². The summed E-state index contributed by atoms with van der Waals surface area (Å²) in [5, 5.41) is 3.81. The third-order valence-corrected chi connectivity index (χ3v) is 3.61. The molecule has 1 nitrogen and oxygen atoms in total. The molecule has 0 aromatic heterocycles. The molecule has 0 aliphatic heterocycles. The number of nitrogens with one attached hydrogen (secondary N) is 1.